The van der Waals surface area contributed by atoms with Crippen LogP contribution in [0.1, 0.15) is 40.5 Å². The highest BCUT2D eigenvalue weighted by atomic mass is 16.5. The predicted octanol–water partition coefficient (Wildman–Crippen LogP) is -0.700. The number of rotatable bonds is 4. The first-order valence-corrected chi connectivity index (χ1v) is 8.21. The Morgan fingerprint density at radius 2 is 1.96 bits per heavy atom. The summed E-state index contributed by atoms with van der Waals surface area (Å²) in [7, 11) is 0. The molecular formula is C17H17N3O7. The van der Waals surface area contributed by atoms with Crippen molar-refractivity contribution in [2.75, 3.05) is 18.9 Å². The van der Waals surface area contributed by atoms with E-state index in [1.54, 1.807) is 0 Å². The van der Waals surface area contributed by atoms with Gasteiger partial charge in [-0.05, 0) is 18.6 Å². The number of carbonyl (C=O) groups excluding carboxylic acids is 5. The minimum Gasteiger partial charge on any atom is -0.424 e. The van der Waals surface area contributed by atoms with Crippen molar-refractivity contribution in [2.24, 2.45) is 0 Å². The summed E-state index contributed by atoms with van der Waals surface area (Å²) in [4.78, 5) is 63.1. The molecule has 2 aliphatic rings. The number of amides is 4. The number of hydrogen-bond donors (Lipinski definition) is 2. The van der Waals surface area contributed by atoms with Gasteiger partial charge in [-0.3, -0.25) is 33.8 Å². The Morgan fingerprint density at radius 1 is 1.26 bits per heavy atom. The molecule has 0 aromatic heterocycles. The smallest absolute Gasteiger partial charge is 0.308 e. The first-order chi connectivity index (χ1) is 12.8. The molecule has 1 aromatic carbocycles. The topological polar surface area (TPSA) is 147 Å². The van der Waals surface area contributed by atoms with Gasteiger partial charge in [0.1, 0.15) is 6.04 Å². The van der Waals surface area contributed by atoms with E-state index in [-0.39, 0.29) is 42.0 Å². The molecule has 3 N–H and O–H groups in total. The zero-order chi connectivity index (χ0) is 19.9. The number of likely N-dealkylation sites (tertiary alicyclic amines) is 1. The van der Waals surface area contributed by atoms with Gasteiger partial charge in [0.2, 0.25) is 5.91 Å². The molecule has 1 atom stereocenters. The van der Waals surface area contributed by atoms with Gasteiger partial charge in [-0.2, -0.15) is 0 Å². The average molecular weight is 375 g/mol. The van der Waals surface area contributed by atoms with Crippen LogP contribution in [0.15, 0.2) is 12.1 Å². The third-order valence-electron chi connectivity index (χ3n) is 4.43. The molecule has 0 bridgehead atoms. The normalized spacial score (nSPS) is 19.6. The number of benzene rings is 1. The molecule has 0 radical (unpaired) electrons. The highest BCUT2D eigenvalue weighted by Crippen LogP contribution is 2.37. The first kappa shape index (κ1) is 18.5. The third kappa shape index (κ3) is 2.93. The number of piperidine rings is 1. The molecule has 1 saturated heterocycles. The van der Waals surface area contributed by atoms with E-state index < -0.39 is 42.2 Å². The number of imide groups is 2. The molecule has 3 rings (SSSR count). The number of nitrogens with zero attached hydrogens (tertiary/aromatic N) is 2. The quantitative estimate of drug-likeness (QED) is 0.304. The monoisotopic (exact) mass is 375 g/mol. The van der Waals surface area contributed by atoms with E-state index in [1.165, 1.54) is 12.1 Å². The molecule has 10 heteroatoms. The van der Waals surface area contributed by atoms with Crippen LogP contribution in [0.4, 0.5) is 5.69 Å². The maximum atomic E-state index is 12.9. The first-order valence-electron chi connectivity index (χ1n) is 8.21. The summed E-state index contributed by atoms with van der Waals surface area (Å²) < 4.78 is 5.00. The summed E-state index contributed by atoms with van der Waals surface area (Å²) >= 11 is 0. The zero-order valence-corrected chi connectivity index (χ0v) is 14.4. The Kier molecular flexibility index (Phi) is 4.66. The van der Waals surface area contributed by atoms with Crippen molar-refractivity contribution in [1.29, 1.82) is 0 Å². The summed E-state index contributed by atoms with van der Waals surface area (Å²) in [6.07, 6.45) is -0.0772. The fraction of sp³-hybridized carbons (Fsp3) is 0.353. The van der Waals surface area contributed by atoms with Gasteiger partial charge in [-0.25, -0.2) is 0 Å². The fourth-order valence-electron chi connectivity index (χ4n) is 3.26. The molecule has 4 amide bonds. The average Bonchev–Trinajstić information content (AvgIpc) is 2.85. The number of β-amino-alcohol motifs (C(OH)–C–C–N with tert-alkyl or cyclic N) is 1. The van der Waals surface area contributed by atoms with Crippen LogP contribution in [0.5, 0.6) is 5.75 Å². The van der Waals surface area contributed by atoms with E-state index in [9.17, 15) is 24.0 Å². The number of fused-ring (bicyclic) bond motifs is 1. The van der Waals surface area contributed by atoms with E-state index >= 15 is 0 Å². The summed E-state index contributed by atoms with van der Waals surface area (Å²) in [6.45, 7) is 0.476. The number of ether oxygens (including phenoxy) is 1. The van der Waals surface area contributed by atoms with Crippen molar-refractivity contribution >= 4 is 35.3 Å². The maximum Gasteiger partial charge on any atom is 0.308 e. The Bertz CT molecular complexity index is 880. The van der Waals surface area contributed by atoms with E-state index in [0.717, 1.165) is 16.7 Å². The van der Waals surface area contributed by atoms with Gasteiger partial charge in [-0.15, -0.1) is 0 Å². The highest BCUT2D eigenvalue weighted by Gasteiger charge is 2.48. The second kappa shape index (κ2) is 6.80. The molecule has 0 spiro atoms. The second-order valence-corrected chi connectivity index (χ2v) is 6.14. The zero-order valence-electron chi connectivity index (χ0n) is 14.4. The number of nitrogens with two attached hydrogens (primary N) is 1. The SMILES string of the molecule is CC(=O)Oc1c(N)ccc2c1C(=O)N(C1CCC(=O)N(CCO)C1=O)C2=O. The van der Waals surface area contributed by atoms with E-state index in [2.05, 4.69) is 0 Å². The van der Waals surface area contributed by atoms with Gasteiger partial charge >= 0.3 is 5.97 Å². The number of anilines is 1. The highest BCUT2D eigenvalue weighted by molar-refractivity contribution is 6.25. The summed E-state index contributed by atoms with van der Waals surface area (Å²) in [5.41, 5.74) is 5.55. The van der Waals surface area contributed by atoms with E-state index in [0.29, 0.717) is 0 Å². The second-order valence-electron chi connectivity index (χ2n) is 6.14. The summed E-state index contributed by atoms with van der Waals surface area (Å²) in [5.74, 6) is -3.73. The third-order valence-corrected chi connectivity index (χ3v) is 4.43. The Labute approximate surface area is 153 Å². The number of carbonyl (C=O) groups is 5. The molecule has 2 heterocycles. The van der Waals surface area contributed by atoms with Crippen molar-refractivity contribution in [3.05, 3.63) is 23.3 Å². The van der Waals surface area contributed by atoms with Gasteiger partial charge in [0.15, 0.2) is 5.75 Å². The molecule has 27 heavy (non-hydrogen) atoms. The maximum absolute atomic E-state index is 12.9. The predicted molar refractivity (Wildman–Crippen MR) is 89.5 cm³/mol. The largest absolute Gasteiger partial charge is 0.424 e. The van der Waals surface area contributed by atoms with Crippen molar-refractivity contribution in [3.8, 4) is 5.75 Å². The Morgan fingerprint density at radius 3 is 2.59 bits per heavy atom. The standard InChI is InChI=1S/C17H17N3O7/c1-8(22)27-14-10(18)3-2-9-13(14)17(26)20(15(9)24)11-4-5-12(23)19(6-7-21)16(11)25/h2-3,11,21H,4-7,18H2,1H3. The summed E-state index contributed by atoms with van der Waals surface area (Å²) in [6, 6.07) is 1.46. The van der Waals surface area contributed by atoms with Crippen LogP contribution >= 0.6 is 0 Å². The number of aliphatic hydroxyl groups excluding tert-OH is 1. The van der Waals surface area contributed by atoms with Gasteiger partial charge in [0, 0.05) is 13.3 Å². The van der Waals surface area contributed by atoms with E-state index in [1.807, 2.05) is 0 Å². The van der Waals surface area contributed by atoms with Crippen molar-refractivity contribution in [2.45, 2.75) is 25.8 Å². The van der Waals surface area contributed by atoms with Crippen LogP contribution in [0.25, 0.3) is 0 Å². The lowest BCUT2D eigenvalue weighted by Gasteiger charge is -2.34. The van der Waals surface area contributed by atoms with Crippen LogP contribution in [-0.2, 0) is 14.4 Å². The molecule has 142 valence electrons. The number of aliphatic hydroxyl groups is 1. The number of esters is 1. The van der Waals surface area contributed by atoms with Gasteiger partial charge in [0.05, 0.1) is 30.0 Å². The number of nitrogen functional groups attached to an aromatic ring is 1. The van der Waals surface area contributed by atoms with Crippen molar-refractivity contribution in [3.63, 3.8) is 0 Å². The Hall–Kier alpha value is -3.27. The lowest BCUT2D eigenvalue weighted by atomic mass is 10.0. The minimum absolute atomic E-state index is 0.000921. The van der Waals surface area contributed by atoms with Crippen molar-refractivity contribution < 1.29 is 33.8 Å². The van der Waals surface area contributed by atoms with Crippen LogP contribution in [0, 0.1) is 0 Å². The van der Waals surface area contributed by atoms with Crippen LogP contribution in [0.3, 0.4) is 0 Å². The molecule has 2 aliphatic heterocycles. The van der Waals surface area contributed by atoms with E-state index in [4.69, 9.17) is 15.6 Å². The number of hydrogen-bond acceptors (Lipinski definition) is 8. The molecule has 0 aliphatic carbocycles. The fourth-order valence-corrected chi connectivity index (χ4v) is 3.26. The Balaban J connectivity index is 2.01. The minimum atomic E-state index is -1.19. The van der Waals surface area contributed by atoms with Gasteiger partial charge in [-0.1, -0.05) is 0 Å². The molecule has 0 saturated carbocycles. The summed E-state index contributed by atoms with van der Waals surface area (Å²) in [5, 5.41) is 9.05. The molecule has 1 aromatic rings. The van der Waals surface area contributed by atoms with Crippen LogP contribution < -0.4 is 10.5 Å². The molecular weight excluding hydrogens is 358 g/mol. The van der Waals surface area contributed by atoms with Crippen molar-refractivity contribution in [1.82, 2.24) is 9.80 Å². The van der Waals surface area contributed by atoms with Crippen LogP contribution in [0.2, 0.25) is 0 Å². The molecule has 10 nitrogen and oxygen atoms in total. The lowest BCUT2D eigenvalue weighted by molar-refractivity contribution is -0.152. The van der Waals surface area contributed by atoms with Gasteiger partial charge in [0.25, 0.3) is 17.7 Å². The lowest BCUT2D eigenvalue weighted by Crippen LogP contribution is -2.56. The van der Waals surface area contributed by atoms with Gasteiger partial charge < -0.3 is 15.6 Å². The molecule has 1 fully saturated rings. The molecule has 1 unspecified atom stereocenters. The van der Waals surface area contributed by atoms with Crippen LogP contribution in [-0.4, -0.2) is 63.7 Å².